The Morgan fingerprint density at radius 1 is 1.10 bits per heavy atom. The minimum absolute atomic E-state index is 0.163. The zero-order valence-corrected chi connectivity index (χ0v) is 14.2. The summed E-state index contributed by atoms with van der Waals surface area (Å²) in [6.07, 6.45) is 0. The molecule has 2 aromatic rings. The maximum absolute atomic E-state index is 12.0. The van der Waals surface area contributed by atoms with Crippen LogP contribution in [0.5, 0.6) is 0 Å². The Morgan fingerprint density at radius 2 is 1.76 bits per heavy atom. The average molecular weight is 361 g/mol. The second kappa shape index (κ2) is 7.41. The number of hydrogen-bond acceptors (Lipinski definition) is 2. The van der Waals surface area contributed by atoms with Crippen molar-refractivity contribution in [1.82, 2.24) is 0 Å². The number of rotatable bonds is 4. The molecule has 0 bridgehead atoms. The highest BCUT2D eigenvalue weighted by Crippen LogP contribution is 2.33. The van der Waals surface area contributed by atoms with Gasteiger partial charge in [0.15, 0.2) is 0 Å². The molecule has 0 spiro atoms. The molecule has 110 valence electrons. The Hall–Kier alpha value is -0.870. The molecule has 0 atom stereocenters. The number of anilines is 1. The van der Waals surface area contributed by atoms with Crippen molar-refractivity contribution in [2.75, 3.05) is 11.1 Å². The van der Waals surface area contributed by atoms with E-state index in [-0.39, 0.29) is 11.7 Å². The summed E-state index contributed by atoms with van der Waals surface area (Å²) in [5, 5.41) is 4.31. The number of halogens is 3. The highest BCUT2D eigenvalue weighted by Gasteiger charge is 2.12. The molecule has 21 heavy (non-hydrogen) atoms. The Balaban J connectivity index is 1.99. The summed E-state index contributed by atoms with van der Waals surface area (Å²) in [4.78, 5) is 13.0. The van der Waals surface area contributed by atoms with Gasteiger partial charge < -0.3 is 5.32 Å². The number of carbonyl (C=O) groups excluding carboxylic acids is 1. The van der Waals surface area contributed by atoms with Gasteiger partial charge in [-0.1, -0.05) is 40.9 Å². The predicted molar refractivity (Wildman–Crippen MR) is 92.0 cm³/mol. The van der Waals surface area contributed by atoms with Gasteiger partial charge in [-0.05, 0) is 42.8 Å². The smallest absolute Gasteiger partial charge is 0.234 e. The van der Waals surface area contributed by atoms with Gasteiger partial charge in [0, 0.05) is 9.92 Å². The van der Waals surface area contributed by atoms with E-state index >= 15 is 0 Å². The van der Waals surface area contributed by atoms with Crippen molar-refractivity contribution in [2.45, 2.75) is 11.8 Å². The summed E-state index contributed by atoms with van der Waals surface area (Å²) in [5.41, 5.74) is 1.32. The first kappa shape index (κ1) is 16.5. The topological polar surface area (TPSA) is 29.1 Å². The third-order valence-corrected chi connectivity index (χ3v) is 4.80. The third kappa shape index (κ3) is 4.55. The Morgan fingerprint density at radius 3 is 2.43 bits per heavy atom. The van der Waals surface area contributed by atoms with Crippen LogP contribution in [-0.2, 0) is 4.79 Å². The Kier molecular flexibility index (Phi) is 5.82. The molecule has 2 aromatic carbocycles. The number of nitrogens with one attached hydrogen (secondary N) is 1. The van der Waals surface area contributed by atoms with Gasteiger partial charge in [-0.15, -0.1) is 11.8 Å². The molecule has 0 heterocycles. The van der Waals surface area contributed by atoms with Gasteiger partial charge in [0.2, 0.25) is 5.91 Å². The van der Waals surface area contributed by atoms with E-state index in [0.29, 0.717) is 20.8 Å². The minimum atomic E-state index is -0.163. The summed E-state index contributed by atoms with van der Waals surface area (Å²) >= 11 is 19.4. The summed E-state index contributed by atoms with van der Waals surface area (Å²) in [6, 6.07) is 10.8. The first-order valence-corrected chi connectivity index (χ1v) is 8.22. The first-order valence-electron chi connectivity index (χ1n) is 6.10. The van der Waals surface area contributed by atoms with E-state index in [1.54, 1.807) is 18.2 Å². The van der Waals surface area contributed by atoms with Crippen LogP contribution in [0.2, 0.25) is 15.1 Å². The second-order valence-electron chi connectivity index (χ2n) is 4.34. The van der Waals surface area contributed by atoms with E-state index in [1.807, 2.05) is 25.1 Å². The van der Waals surface area contributed by atoms with E-state index in [9.17, 15) is 4.79 Å². The lowest BCUT2D eigenvalue weighted by Gasteiger charge is -2.11. The molecule has 6 heteroatoms. The van der Waals surface area contributed by atoms with Crippen LogP contribution < -0.4 is 5.32 Å². The molecular weight excluding hydrogens is 349 g/mol. The summed E-state index contributed by atoms with van der Waals surface area (Å²) in [5.74, 6) is 0.103. The average Bonchev–Trinajstić information content (AvgIpc) is 2.47. The standard InChI is InChI=1S/C15H12Cl3NOS/c1-9-2-7-12(17)15(14(9)18)19-13(20)8-21-11-5-3-10(16)4-6-11/h2-7H,8H2,1H3,(H,19,20). The van der Waals surface area contributed by atoms with Crippen molar-refractivity contribution in [3.05, 3.63) is 57.0 Å². The van der Waals surface area contributed by atoms with Crippen LogP contribution >= 0.6 is 46.6 Å². The summed E-state index contributed by atoms with van der Waals surface area (Å²) < 4.78 is 0. The number of benzene rings is 2. The van der Waals surface area contributed by atoms with Gasteiger partial charge in [0.1, 0.15) is 0 Å². The SMILES string of the molecule is Cc1ccc(Cl)c(NC(=O)CSc2ccc(Cl)cc2)c1Cl. The molecule has 0 radical (unpaired) electrons. The quantitative estimate of drug-likeness (QED) is 0.710. The van der Waals surface area contributed by atoms with Crippen molar-refractivity contribution >= 4 is 58.2 Å². The highest BCUT2D eigenvalue weighted by atomic mass is 35.5. The minimum Gasteiger partial charge on any atom is -0.323 e. The zero-order chi connectivity index (χ0) is 15.4. The lowest BCUT2D eigenvalue weighted by molar-refractivity contribution is -0.113. The summed E-state index contributed by atoms with van der Waals surface area (Å²) in [6.45, 7) is 1.86. The van der Waals surface area contributed by atoms with Crippen LogP contribution in [0.3, 0.4) is 0 Å². The van der Waals surface area contributed by atoms with Crippen molar-refractivity contribution in [3.63, 3.8) is 0 Å². The number of aryl methyl sites for hydroxylation is 1. The fourth-order valence-electron chi connectivity index (χ4n) is 1.63. The first-order chi connectivity index (χ1) is 9.97. The maximum Gasteiger partial charge on any atom is 0.234 e. The number of amides is 1. The van der Waals surface area contributed by atoms with Gasteiger partial charge in [-0.2, -0.15) is 0 Å². The molecule has 1 N–H and O–H groups in total. The van der Waals surface area contributed by atoms with Crippen LogP contribution in [0.4, 0.5) is 5.69 Å². The lowest BCUT2D eigenvalue weighted by atomic mass is 10.2. The molecule has 0 saturated carbocycles. The molecule has 1 amide bonds. The van der Waals surface area contributed by atoms with Crippen LogP contribution in [-0.4, -0.2) is 11.7 Å². The molecule has 0 aliphatic heterocycles. The zero-order valence-electron chi connectivity index (χ0n) is 11.1. The van der Waals surface area contributed by atoms with Crippen molar-refractivity contribution in [3.8, 4) is 0 Å². The molecule has 0 saturated heterocycles. The molecule has 0 aliphatic carbocycles. The lowest BCUT2D eigenvalue weighted by Crippen LogP contribution is -2.14. The predicted octanol–water partition coefficient (Wildman–Crippen LogP) is 5.69. The van der Waals surface area contributed by atoms with Crippen molar-refractivity contribution in [2.24, 2.45) is 0 Å². The molecular formula is C15H12Cl3NOS. The van der Waals surface area contributed by atoms with Crippen LogP contribution in [0.15, 0.2) is 41.3 Å². The fourth-order valence-corrected chi connectivity index (χ4v) is 2.92. The molecule has 0 aliphatic rings. The van der Waals surface area contributed by atoms with E-state index < -0.39 is 0 Å². The van der Waals surface area contributed by atoms with Crippen LogP contribution in [0.25, 0.3) is 0 Å². The molecule has 0 fully saturated rings. The second-order valence-corrected chi connectivity index (χ2v) is 6.61. The molecule has 0 aromatic heterocycles. The van der Waals surface area contributed by atoms with Gasteiger partial charge in [-0.3, -0.25) is 4.79 Å². The largest absolute Gasteiger partial charge is 0.323 e. The van der Waals surface area contributed by atoms with Gasteiger partial charge in [0.05, 0.1) is 21.5 Å². The molecule has 2 nitrogen and oxygen atoms in total. The van der Waals surface area contributed by atoms with Crippen molar-refractivity contribution < 1.29 is 4.79 Å². The Labute approximate surface area is 142 Å². The fraction of sp³-hybridized carbons (Fsp3) is 0.133. The van der Waals surface area contributed by atoms with Crippen LogP contribution in [0, 0.1) is 6.92 Å². The number of carbonyl (C=O) groups is 1. The van der Waals surface area contributed by atoms with E-state index in [4.69, 9.17) is 34.8 Å². The van der Waals surface area contributed by atoms with Crippen molar-refractivity contribution in [1.29, 1.82) is 0 Å². The maximum atomic E-state index is 12.0. The van der Waals surface area contributed by atoms with Gasteiger partial charge in [-0.25, -0.2) is 0 Å². The molecule has 2 rings (SSSR count). The van der Waals surface area contributed by atoms with E-state index in [0.717, 1.165) is 10.5 Å². The monoisotopic (exact) mass is 359 g/mol. The normalized spacial score (nSPS) is 10.5. The number of thioether (sulfide) groups is 1. The third-order valence-electron chi connectivity index (χ3n) is 2.73. The van der Waals surface area contributed by atoms with Crippen LogP contribution in [0.1, 0.15) is 5.56 Å². The summed E-state index contributed by atoms with van der Waals surface area (Å²) in [7, 11) is 0. The van der Waals surface area contributed by atoms with Gasteiger partial charge >= 0.3 is 0 Å². The van der Waals surface area contributed by atoms with E-state index in [2.05, 4.69) is 5.32 Å². The van der Waals surface area contributed by atoms with Gasteiger partial charge in [0.25, 0.3) is 0 Å². The number of hydrogen-bond donors (Lipinski definition) is 1. The highest BCUT2D eigenvalue weighted by molar-refractivity contribution is 8.00. The Bertz CT molecular complexity index is 659. The molecule has 0 unspecified atom stereocenters. The van der Waals surface area contributed by atoms with E-state index in [1.165, 1.54) is 11.8 Å².